The molecule has 1 amide bonds. The number of nitrogens with zero attached hydrogens (tertiary/aromatic N) is 2. The number of anilines is 1. The highest BCUT2D eigenvalue weighted by Crippen LogP contribution is 2.12. The fourth-order valence-corrected chi connectivity index (χ4v) is 2.38. The lowest BCUT2D eigenvalue weighted by atomic mass is 10.1. The molecule has 3 rings (SSSR count). The van der Waals surface area contributed by atoms with E-state index in [1.165, 1.54) is 0 Å². The van der Waals surface area contributed by atoms with Crippen LogP contribution < -0.4 is 10.6 Å². The van der Waals surface area contributed by atoms with Gasteiger partial charge in [-0.05, 0) is 37.1 Å². The molecule has 24 heavy (non-hydrogen) atoms. The Morgan fingerprint density at radius 3 is 2.75 bits per heavy atom. The van der Waals surface area contributed by atoms with Crippen molar-refractivity contribution >= 4 is 22.6 Å². The summed E-state index contributed by atoms with van der Waals surface area (Å²) in [4.78, 5) is 20.8. The molecule has 5 nitrogen and oxygen atoms in total. The van der Waals surface area contributed by atoms with Gasteiger partial charge in [-0.25, -0.2) is 4.98 Å². The fourth-order valence-electron chi connectivity index (χ4n) is 2.38. The number of hydrogen-bond acceptors (Lipinski definition) is 4. The zero-order chi connectivity index (χ0) is 16.8. The molecule has 0 saturated heterocycles. The van der Waals surface area contributed by atoms with E-state index in [0.29, 0.717) is 12.1 Å². The van der Waals surface area contributed by atoms with Crippen LogP contribution >= 0.6 is 0 Å². The van der Waals surface area contributed by atoms with Crippen LogP contribution in [0, 0.1) is 6.92 Å². The van der Waals surface area contributed by atoms with Gasteiger partial charge in [0.1, 0.15) is 5.82 Å². The molecule has 0 unspecified atom stereocenters. The molecule has 3 aromatic rings. The largest absolute Gasteiger partial charge is 0.370 e. The minimum absolute atomic E-state index is 0.0956. The van der Waals surface area contributed by atoms with E-state index in [1.807, 2.05) is 55.6 Å². The van der Waals surface area contributed by atoms with Crippen molar-refractivity contribution in [2.24, 2.45) is 0 Å². The monoisotopic (exact) mass is 320 g/mol. The first-order valence-corrected chi connectivity index (χ1v) is 8.02. The van der Waals surface area contributed by atoms with Crippen LogP contribution in [0.4, 0.5) is 5.82 Å². The molecule has 0 atom stereocenters. The minimum Gasteiger partial charge on any atom is -0.370 e. The first-order valence-electron chi connectivity index (χ1n) is 8.02. The zero-order valence-electron chi connectivity index (χ0n) is 13.6. The van der Waals surface area contributed by atoms with Gasteiger partial charge in [0.2, 0.25) is 0 Å². The summed E-state index contributed by atoms with van der Waals surface area (Å²) in [5.74, 6) is 0.757. The Morgan fingerprint density at radius 1 is 1.04 bits per heavy atom. The van der Waals surface area contributed by atoms with Gasteiger partial charge in [-0.3, -0.25) is 9.78 Å². The van der Waals surface area contributed by atoms with E-state index >= 15 is 0 Å². The summed E-state index contributed by atoms with van der Waals surface area (Å²) >= 11 is 0. The summed E-state index contributed by atoms with van der Waals surface area (Å²) in [5.41, 5.74) is 2.61. The van der Waals surface area contributed by atoms with Crippen LogP contribution in [0.2, 0.25) is 0 Å². The van der Waals surface area contributed by atoms with Gasteiger partial charge in [-0.1, -0.05) is 24.3 Å². The zero-order valence-corrected chi connectivity index (χ0v) is 13.6. The van der Waals surface area contributed by atoms with E-state index < -0.39 is 0 Å². The molecule has 1 aromatic carbocycles. The topological polar surface area (TPSA) is 66.9 Å². The molecule has 0 spiro atoms. The number of hydrogen-bond donors (Lipinski definition) is 2. The number of carbonyl (C=O) groups excluding carboxylic acids is 1. The van der Waals surface area contributed by atoms with Crippen LogP contribution in [-0.2, 0) is 0 Å². The third-order valence-corrected chi connectivity index (χ3v) is 3.71. The maximum absolute atomic E-state index is 12.2. The van der Waals surface area contributed by atoms with E-state index in [2.05, 4.69) is 20.6 Å². The van der Waals surface area contributed by atoms with Crippen LogP contribution in [-0.4, -0.2) is 29.0 Å². The number of fused-ring (bicyclic) bond motifs is 1. The second kappa shape index (κ2) is 7.55. The Kier molecular flexibility index (Phi) is 5.01. The summed E-state index contributed by atoms with van der Waals surface area (Å²) in [6, 6.07) is 13.6. The van der Waals surface area contributed by atoms with E-state index in [4.69, 9.17) is 0 Å². The Bertz CT molecular complexity index is 830. The highest BCUT2D eigenvalue weighted by Gasteiger charge is 2.06. The van der Waals surface area contributed by atoms with Crippen LogP contribution in [0.3, 0.4) is 0 Å². The number of aromatic nitrogens is 2. The summed E-state index contributed by atoms with van der Waals surface area (Å²) < 4.78 is 0. The number of pyridine rings is 2. The second-order valence-corrected chi connectivity index (χ2v) is 5.67. The Morgan fingerprint density at radius 2 is 1.92 bits per heavy atom. The average molecular weight is 320 g/mol. The molecule has 2 heterocycles. The maximum Gasteiger partial charge on any atom is 0.252 e. The van der Waals surface area contributed by atoms with E-state index in [0.717, 1.165) is 35.2 Å². The highest BCUT2D eigenvalue weighted by molar-refractivity contribution is 5.97. The lowest BCUT2D eigenvalue weighted by molar-refractivity contribution is 0.0953. The SMILES string of the molecule is Cc1ccc(NCCCNC(=O)c2cnc3ccccc3c2)nc1. The third-order valence-electron chi connectivity index (χ3n) is 3.71. The quantitative estimate of drug-likeness (QED) is 0.685. The molecule has 2 N–H and O–H groups in total. The van der Waals surface area contributed by atoms with Crippen molar-refractivity contribution < 1.29 is 4.79 Å². The van der Waals surface area contributed by atoms with Crippen molar-refractivity contribution in [3.05, 3.63) is 66.0 Å². The van der Waals surface area contributed by atoms with Gasteiger partial charge < -0.3 is 10.6 Å². The number of nitrogens with one attached hydrogen (secondary N) is 2. The van der Waals surface area contributed by atoms with Crippen molar-refractivity contribution in [3.63, 3.8) is 0 Å². The van der Waals surface area contributed by atoms with E-state index in [1.54, 1.807) is 6.20 Å². The number of aryl methyl sites for hydroxylation is 1. The van der Waals surface area contributed by atoms with Gasteiger partial charge in [0.15, 0.2) is 0 Å². The Labute approximate surface area is 141 Å². The predicted octanol–water partition coefficient (Wildman–Crippen LogP) is 3.17. The Balaban J connectivity index is 1.45. The van der Waals surface area contributed by atoms with Crippen molar-refractivity contribution in [3.8, 4) is 0 Å². The molecule has 0 bridgehead atoms. The summed E-state index contributed by atoms with van der Waals surface area (Å²) in [5, 5.41) is 7.12. The van der Waals surface area contributed by atoms with Gasteiger partial charge in [-0.2, -0.15) is 0 Å². The van der Waals surface area contributed by atoms with Crippen LogP contribution in [0.15, 0.2) is 54.9 Å². The minimum atomic E-state index is -0.0956. The normalized spacial score (nSPS) is 10.5. The van der Waals surface area contributed by atoms with Crippen molar-refractivity contribution in [2.45, 2.75) is 13.3 Å². The molecule has 0 fully saturated rings. The van der Waals surface area contributed by atoms with Gasteiger partial charge in [0.25, 0.3) is 5.91 Å². The number of benzene rings is 1. The summed E-state index contributed by atoms with van der Waals surface area (Å²) in [7, 11) is 0. The van der Waals surface area contributed by atoms with Crippen molar-refractivity contribution in [1.29, 1.82) is 0 Å². The molecular formula is C19H20N4O. The lowest BCUT2D eigenvalue weighted by Gasteiger charge is -2.08. The molecule has 0 saturated carbocycles. The predicted molar refractivity (Wildman–Crippen MR) is 96.2 cm³/mol. The molecule has 0 aliphatic heterocycles. The summed E-state index contributed by atoms with van der Waals surface area (Å²) in [6.07, 6.45) is 4.27. The smallest absolute Gasteiger partial charge is 0.252 e. The molecular weight excluding hydrogens is 300 g/mol. The van der Waals surface area contributed by atoms with Gasteiger partial charge in [0, 0.05) is 30.9 Å². The number of para-hydroxylation sites is 1. The summed E-state index contributed by atoms with van der Waals surface area (Å²) in [6.45, 7) is 3.37. The first-order chi connectivity index (χ1) is 11.7. The van der Waals surface area contributed by atoms with Gasteiger partial charge in [-0.15, -0.1) is 0 Å². The van der Waals surface area contributed by atoms with Crippen LogP contribution in [0.25, 0.3) is 10.9 Å². The van der Waals surface area contributed by atoms with Crippen LogP contribution in [0.5, 0.6) is 0 Å². The molecule has 2 aromatic heterocycles. The van der Waals surface area contributed by atoms with Crippen LogP contribution in [0.1, 0.15) is 22.3 Å². The molecule has 0 radical (unpaired) electrons. The van der Waals surface area contributed by atoms with Gasteiger partial charge in [0.05, 0.1) is 11.1 Å². The third kappa shape index (κ3) is 4.07. The highest BCUT2D eigenvalue weighted by atomic mass is 16.1. The number of carbonyl (C=O) groups is 1. The number of rotatable bonds is 6. The molecule has 0 aliphatic carbocycles. The Hall–Kier alpha value is -2.95. The average Bonchev–Trinajstić information content (AvgIpc) is 2.62. The first kappa shape index (κ1) is 15.9. The fraction of sp³-hybridized carbons (Fsp3) is 0.211. The van der Waals surface area contributed by atoms with Gasteiger partial charge >= 0.3 is 0 Å². The molecule has 122 valence electrons. The second-order valence-electron chi connectivity index (χ2n) is 5.67. The molecule has 0 aliphatic rings. The van der Waals surface area contributed by atoms with Crippen molar-refractivity contribution in [2.75, 3.05) is 18.4 Å². The van der Waals surface area contributed by atoms with Crippen molar-refractivity contribution in [1.82, 2.24) is 15.3 Å². The number of amides is 1. The maximum atomic E-state index is 12.2. The van der Waals surface area contributed by atoms with E-state index in [9.17, 15) is 4.79 Å². The standard InChI is InChI=1S/C19H20N4O/c1-14-7-8-18(23-12-14)20-9-4-10-21-19(24)16-11-15-5-2-3-6-17(15)22-13-16/h2-3,5-8,11-13H,4,9-10H2,1H3,(H,20,23)(H,21,24). The molecule has 5 heteroatoms. The van der Waals surface area contributed by atoms with E-state index in [-0.39, 0.29) is 5.91 Å². The lowest BCUT2D eigenvalue weighted by Crippen LogP contribution is -2.26.